The van der Waals surface area contributed by atoms with E-state index in [4.69, 9.17) is 9.72 Å². The molecular formula is C29H35N7O3. The van der Waals surface area contributed by atoms with Crippen molar-refractivity contribution in [1.29, 1.82) is 0 Å². The number of nitrogens with zero attached hydrogens (tertiary/aromatic N) is 5. The molecule has 0 bridgehead atoms. The second kappa shape index (κ2) is 11.2. The number of carbonyl (C=O) groups excluding carboxylic acids is 2. The van der Waals surface area contributed by atoms with Gasteiger partial charge >= 0.3 is 0 Å². The van der Waals surface area contributed by atoms with E-state index in [9.17, 15) is 9.59 Å². The van der Waals surface area contributed by atoms with E-state index in [1.807, 2.05) is 53.4 Å². The number of aromatic nitrogens is 3. The van der Waals surface area contributed by atoms with Crippen LogP contribution in [0.2, 0.25) is 0 Å². The fraction of sp³-hybridized carbons (Fsp3) is 0.448. The first-order chi connectivity index (χ1) is 19.1. The van der Waals surface area contributed by atoms with E-state index in [1.165, 1.54) is 5.57 Å². The van der Waals surface area contributed by atoms with Crippen molar-refractivity contribution in [2.45, 2.75) is 31.7 Å². The predicted octanol–water partition coefficient (Wildman–Crippen LogP) is 2.95. The van der Waals surface area contributed by atoms with Gasteiger partial charge < -0.3 is 25.2 Å². The van der Waals surface area contributed by atoms with Crippen LogP contribution in [0, 0.1) is 5.92 Å². The summed E-state index contributed by atoms with van der Waals surface area (Å²) in [5, 5.41) is 11.2. The SMILES string of the molecule is CN(C(=O)c1ccc(Nc2nc3c(C4=CCN(C(=O)C5CCOC5)CC4)cccn3n2)cc1)C1CCNCC1. The molecule has 2 fully saturated rings. The van der Waals surface area contributed by atoms with Crippen molar-refractivity contribution >= 4 is 34.7 Å². The van der Waals surface area contributed by atoms with E-state index in [-0.39, 0.29) is 23.8 Å². The number of carbonyl (C=O) groups is 2. The molecule has 3 aliphatic rings. The third-order valence-electron chi connectivity index (χ3n) is 8.07. The van der Waals surface area contributed by atoms with E-state index >= 15 is 0 Å². The number of pyridine rings is 1. The van der Waals surface area contributed by atoms with E-state index in [1.54, 1.807) is 4.52 Å². The monoisotopic (exact) mass is 529 g/mol. The molecule has 6 rings (SSSR count). The second-order valence-corrected chi connectivity index (χ2v) is 10.5. The zero-order chi connectivity index (χ0) is 26.8. The van der Waals surface area contributed by atoms with Gasteiger partial charge in [0, 0.05) is 55.8 Å². The standard InChI is InChI=1S/C29H35N7O3/c1-34(24-8-13-30-14-9-24)27(37)21-4-6-23(7-5-21)31-29-32-26-25(3-2-15-36(26)33-29)20-10-16-35(17-11-20)28(38)22-12-18-39-19-22/h2-7,10,15,22,24,30H,8-9,11-14,16-19H2,1H3,(H,31,33). The molecule has 2 N–H and O–H groups in total. The lowest BCUT2D eigenvalue weighted by Gasteiger charge is -2.31. The van der Waals surface area contributed by atoms with Crippen LogP contribution in [-0.2, 0) is 9.53 Å². The Morgan fingerprint density at radius 3 is 2.67 bits per heavy atom. The van der Waals surface area contributed by atoms with Crippen LogP contribution >= 0.6 is 0 Å². The Bertz CT molecular complexity index is 1370. The third-order valence-corrected chi connectivity index (χ3v) is 8.07. The van der Waals surface area contributed by atoms with Gasteiger partial charge in [-0.15, -0.1) is 5.10 Å². The zero-order valence-corrected chi connectivity index (χ0v) is 22.3. The maximum Gasteiger partial charge on any atom is 0.253 e. The van der Waals surface area contributed by atoms with Gasteiger partial charge in [0.05, 0.1) is 12.5 Å². The van der Waals surface area contributed by atoms with Gasteiger partial charge in [-0.25, -0.2) is 4.52 Å². The molecule has 2 saturated heterocycles. The van der Waals surface area contributed by atoms with Crippen LogP contribution in [0.5, 0.6) is 0 Å². The molecule has 1 atom stereocenters. The van der Waals surface area contributed by atoms with Crippen molar-refractivity contribution in [3.05, 3.63) is 59.8 Å². The maximum absolute atomic E-state index is 13.0. The number of fused-ring (bicyclic) bond motifs is 1. The molecular weight excluding hydrogens is 494 g/mol. The number of hydrogen-bond donors (Lipinski definition) is 2. The van der Waals surface area contributed by atoms with E-state index in [2.05, 4.69) is 27.9 Å². The van der Waals surface area contributed by atoms with Crippen LogP contribution in [0.1, 0.15) is 41.6 Å². The van der Waals surface area contributed by atoms with Crippen molar-refractivity contribution in [1.82, 2.24) is 29.7 Å². The largest absolute Gasteiger partial charge is 0.381 e. The Balaban J connectivity index is 1.13. The molecule has 5 heterocycles. The normalized spacial score (nSPS) is 20.2. The van der Waals surface area contributed by atoms with Gasteiger partial charge in [-0.3, -0.25) is 9.59 Å². The first-order valence-electron chi connectivity index (χ1n) is 13.8. The fourth-order valence-electron chi connectivity index (χ4n) is 5.70. The van der Waals surface area contributed by atoms with Crippen LogP contribution in [0.3, 0.4) is 0 Å². The number of ether oxygens (including phenoxy) is 1. The third kappa shape index (κ3) is 5.39. The Hall–Kier alpha value is -3.76. The molecule has 39 heavy (non-hydrogen) atoms. The summed E-state index contributed by atoms with van der Waals surface area (Å²) in [4.78, 5) is 34.3. The van der Waals surface area contributed by atoms with Crippen LogP contribution in [0.15, 0.2) is 48.7 Å². The van der Waals surface area contributed by atoms with Gasteiger partial charge in [-0.1, -0.05) is 6.08 Å². The summed E-state index contributed by atoms with van der Waals surface area (Å²) < 4.78 is 7.17. The van der Waals surface area contributed by atoms with Crippen molar-refractivity contribution in [3.8, 4) is 0 Å². The van der Waals surface area contributed by atoms with Crippen LogP contribution in [-0.4, -0.2) is 88.7 Å². The van der Waals surface area contributed by atoms with Gasteiger partial charge in [-0.2, -0.15) is 4.98 Å². The average molecular weight is 530 g/mol. The van der Waals surface area contributed by atoms with Crippen molar-refractivity contribution < 1.29 is 14.3 Å². The predicted molar refractivity (Wildman–Crippen MR) is 149 cm³/mol. The molecule has 1 unspecified atom stereocenters. The Labute approximate surface area is 228 Å². The van der Waals surface area contributed by atoms with Crippen LogP contribution in [0.4, 0.5) is 11.6 Å². The highest BCUT2D eigenvalue weighted by Gasteiger charge is 2.29. The highest BCUT2D eigenvalue weighted by atomic mass is 16.5. The minimum Gasteiger partial charge on any atom is -0.381 e. The van der Waals surface area contributed by atoms with Crippen LogP contribution in [0.25, 0.3) is 11.2 Å². The topological polar surface area (TPSA) is 104 Å². The summed E-state index contributed by atoms with van der Waals surface area (Å²) in [5.74, 6) is 0.723. The summed E-state index contributed by atoms with van der Waals surface area (Å²) in [5.41, 5.74) is 4.45. The lowest BCUT2D eigenvalue weighted by atomic mass is 9.99. The van der Waals surface area contributed by atoms with Crippen molar-refractivity contribution in [2.24, 2.45) is 5.92 Å². The molecule has 3 aromatic rings. The quantitative estimate of drug-likeness (QED) is 0.506. The molecule has 0 aliphatic carbocycles. The van der Waals surface area contributed by atoms with E-state index in [0.29, 0.717) is 37.8 Å². The number of rotatable bonds is 6. The van der Waals surface area contributed by atoms with Gasteiger partial charge in [0.25, 0.3) is 5.91 Å². The number of amides is 2. The smallest absolute Gasteiger partial charge is 0.253 e. The number of benzene rings is 1. The first-order valence-corrected chi connectivity index (χ1v) is 13.8. The summed E-state index contributed by atoms with van der Waals surface area (Å²) in [6.45, 7) is 4.40. The molecule has 10 heteroatoms. The Morgan fingerprint density at radius 2 is 1.95 bits per heavy atom. The van der Waals surface area contributed by atoms with E-state index < -0.39 is 0 Å². The highest BCUT2D eigenvalue weighted by Crippen LogP contribution is 2.28. The number of hydrogen-bond acceptors (Lipinski definition) is 7. The summed E-state index contributed by atoms with van der Waals surface area (Å²) in [6, 6.07) is 11.8. The number of piperidine rings is 1. The summed E-state index contributed by atoms with van der Waals surface area (Å²) >= 11 is 0. The van der Waals surface area contributed by atoms with Crippen molar-refractivity contribution in [3.63, 3.8) is 0 Å². The highest BCUT2D eigenvalue weighted by molar-refractivity contribution is 5.94. The van der Waals surface area contributed by atoms with Gasteiger partial charge in [-0.05, 0) is 80.7 Å². The summed E-state index contributed by atoms with van der Waals surface area (Å²) in [7, 11) is 1.89. The second-order valence-electron chi connectivity index (χ2n) is 10.5. The lowest BCUT2D eigenvalue weighted by Crippen LogP contribution is -2.43. The molecule has 0 saturated carbocycles. The Kier molecular flexibility index (Phi) is 7.30. The van der Waals surface area contributed by atoms with Gasteiger partial charge in [0.1, 0.15) is 0 Å². The average Bonchev–Trinajstić information content (AvgIpc) is 3.67. The first kappa shape index (κ1) is 25.5. The molecule has 1 aromatic carbocycles. The van der Waals surface area contributed by atoms with Gasteiger partial charge in [0.2, 0.25) is 11.9 Å². The molecule has 2 amide bonds. The van der Waals surface area contributed by atoms with Crippen LogP contribution < -0.4 is 10.6 Å². The van der Waals surface area contributed by atoms with Crippen molar-refractivity contribution in [2.75, 3.05) is 51.8 Å². The minimum absolute atomic E-state index is 0.00366. The zero-order valence-electron chi connectivity index (χ0n) is 22.3. The van der Waals surface area contributed by atoms with Gasteiger partial charge in [0.15, 0.2) is 5.65 Å². The molecule has 0 radical (unpaired) electrons. The molecule has 10 nitrogen and oxygen atoms in total. The minimum atomic E-state index is -0.00366. The molecule has 3 aliphatic heterocycles. The molecule has 2 aromatic heterocycles. The number of anilines is 2. The molecule has 204 valence electrons. The number of nitrogens with one attached hydrogen (secondary N) is 2. The maximum atomic E-state index is 13.0. The fourth-order valence-corrected chi connectivity index (χ4v) is 5.70. The lowest BCUT2D eigenvalue weighted by molar-refractivity contribution is -0.135. The summed E-state index contributed by atoms with van der Waals surface area (Å²) in [6.07, 6.45) is 7.56. The molecule has 0 spiro atoms. The van der Waals surface area contributed by atoms with E-state index in [0.717, 1.165) is 55.7 Å². The Morgan fingerprint density at radius 1 is 1.13 bits per heavy atom.